The highest BCUT2D eigenvalue weighted by Crippen LogP contribution is 2.21. The van der Waals surface area contributed by atoms with Gasteiger partial charge in [0, 0.05) is 28.9 Å². The first-order chi connectivity index (χ1) is 16.4. The van der Waals surface area contributed by atoms with E-state index in [1.165, 1.54) is 0 Å². The molecule has 0 bridgehead atoms. The summed E-state index contributed by atoms with van der Waals surface area (Å²) in [5, 5.41) is 5.33. The van der Waals surface area contributed by atoms with E-state index in [-0.39, 0.29) is 5.56 Å². The Labute approximate surface area is 208 Å². The summed E-state index contributed by atoms with van der Waals surface area (Å²) in [5.74, 6) is 1.44. The van der Waals surface area contributed by atoms with Crippen molar-refractivity contribution in [1.82, 2.24) is 9.88 Å². The van der Waals surface area contributed by atoms with Gasteiger partial charge in [-0.2, -0.15) is 0 Å². The van der Waals surface area contributed by atoms with Crippen LogP contribution in [0.1, 0.15) is 11.1 Å². The van der Waals surface area contributed by atoms with Crippen molar-refractivity contribution in [3.63, 3.8) is 0 Å². The van der Waals surface area contributed by atoms with E-state index in [4.69, 9.17) is 33.3 Å². The van der Waals surface area contributed by atoms with Gasteiger partial charge >= 0.3 is 0 Å². The molecule has 0 fully saturated rings. The van der Waals surface area contributed by atoms with E-state index in [1.807, 2.05) is 77.7 Å². The number of methoxy groups -OCH3 is 2. The average Bonchev–Trinajstić information content (AvgIpc) is 2.85. The van der Waals surface area contributed by atoms with E-state index >= 15 is 0 Å². The van der Waals surface area contributed by atoms with E-state index in [2.05, 4.69) is 10.3 Å². The SMILES string of the molecule is COc1ccc(NC(=S)N(Cc2ccc(Cl)cc2)Cc2cc3ccc(OC)cc3[nH]c2=O)cc1. The van der Waals surface area contributed by atoms with Gasteiger partial charge in [0.1, 0.15) is 11.5 Å². The first-order valence-corrected chi connectivity index (χ1v) is 11.4. The standard InChI is InChI=1S/C26H24ClN3O3S/c1-32-22-11-8-21(9-12-22)28-26(34)30(15-17-3-6-20(27)7-4-17)16-19-13-18-5-10-23(33-2)14-24(18)29-25(19)31/h3-14H,15-16H2,1-2H3,(H,28,34)(H,29,31). The number of nitrogens with one attached hydrogen (secondary N) is 2. The molecule has 1 heterocycles. The summed E-state index contributed by atoms with van der Waals surface area (Å²) in [4.78, 5) is 17.8. The highest BCUT2D eigenvalue weighted by molar-refractivity contribution is 7.80. The quantitative estimate of drug-likeness (QED) is 0.327. The molecule has 4 aromatic rings. The third kappa shape index (κ3) is 5.68. The second-order valence-electron chi connectivity index (χ2n) is 7.72. The summed E-state index contributed by atoms with van der Waals surface area (Å²) >= 11 is 11.8. The van der Waals surface area contributed by atoms with E-state index < -0.39 is 0 Å². The Kier molecular flexibility index (Phi) is 7.35. The lowest BCUT2D eigenvalue weighted by Crippen LogP contribution is -2.35. The van der Waals surface area contributed by atoms with Crippen LogP contribution in [0.15, 0.2) is 77.6 Å². The third-order valence-corrected chi connectivity index (χ3v) is 6.02. The minimum atomic E-state index is -0.172. The molecule has 6 nitrogen and oxygen atoms in total. The smallest absolute Gasteiger partial charge is 0.253 e. The van der Waals surface area contributed by atoms with Gasteiger partial charge in [0.2, 0.25) is 0 Å². The lowest BCUT2D eigenvalue weighted by Gasteiger charge is -2.26. The van der Waals surface area contributed by atoms with Gasteiger partial charge in [0.05, 0.1) is 26.3 Å². The molecule has 2 N–H and O–H groups in total. The zero-order chi connectivity index (χ0) is 24.1. The van der Waals surface area contributed by atoms with Gasteiger partial charge in [-0.1, -0.05) is 23.7 Å². The Morgan fingerprint density at radius 2 is 1.62 bits per heavy atom. The van der Waals surface area contributed by atoms with Gasteiger partial charge in [-0.05, 0) is 77.8 Å². The first kappa shape index (κ1) is 23.6. The van der Waals surface area contributed by atoms with Gasteiger partial charge in [-0.25, -0.2) is 0 Å². The third-order valence-electron chi connectivity index (χ3n) is 5.41. The number of rotatable bonds is 7. The molecule has 174 valence electrons. The maximum absolute atomic E-state index is 12.9. The Balaban J connectivity index is 1.62. The molecule has 0 aliphatic rings. The summed E-state index contributed by atoms with van der Waals surface area (Å²) < 4.78 is 10.5. The summed E-state index contributed by atoms with van der Waals surface area (Å²) in [5.41, 5.74) is 2.99. The summed E-state index contributed by atoms with van der Waals surface area (Å²) in [6.07, 6.45) is 0. The molecule has 0 saturated carbocycles. The van der Waals surface area contributed by atoms with Crippen molar-refractivity contribution in [3.05, 3.63) is 99.3 Å². The Bertz CT molecular complexity index is 1350. The number of H-pyrrole nitrogens is 1. The van der Waals surface area contributed by atoms with Crippen molar-refractivity contribution >= 4 is 45.5 Å². The largest absolute Gasteiger partial charge is 0.497 e. The molecule has 3 aromatic carbocycles. The second kappa shape index (κ2) is 10.6. The topological polar surface area (TPSA) is 66.6 Å². The fraction of sp³-hybridized carbons (Fsp3) is 0.154. The predicted molar refractivity (Wildman–Crippen MR) is 141 cm³/mol. The maximum atomic E-state index is 12.9. The Morgan fingerprint density at radius 1 is 0.941 bits per heavy atom. The first-order valence-electron chi connectivity index (χ1n) is 10.6. The Hall–Kier alpha value is -3.55. The average molecular weight is 494 g/mol. The normalized spacial score (nSPS) is 10.7. The van der Waals surface area contributed by atoms with Crippen LogP contribution >= 0.6 is 23.8 Å². The van der Waals surface area contributed by atoms with Crippen molar-refractivity contribution in [2.45, 2.75) is 13.1 Å². The lowest BCUT2D eigenvalue weighted by molar-refractivity contribution is 0.410. The van der Waals surface area contributed by atoms with E-state index in [9.17, 15) is 4.79 Å². The number of ether oxygens (including phenoxy) is 2. The molecular formula is C26H24ClN3O3S. The monoisotopic (exact) mass is 493 g/mol. The number of thiocarbonyl (C=S) groups is 1. The van der Waals surface area contributed by atoms with Gasteiger partial charge in [0.25, 0.3) is 5.56 Å². The molecule has 1 aromatic heterocycles. The molecule has 0 atom stereocenters. The zero-order valence-corrected chi connectivity index (χ0v) is 20.4. The number of hydrogen-bond donors (Lipinski definition) is 2. The van der Waals surface area contributed by atoms with Crippen LogP contribution in [-0.2, 0) is 13.1 Å². The van der Waals surface area contributed by atoms with E-state index in [1.54, 1.807) is 14.2 Å². The molecule has 0 spiro atoms. The number of anilines is 1. The van der Waals surface area contributed by atoms with Crippen molar-refractivity contribution in [2.75, 3.05) is 19.5 Å². The number of benzene rings is 3. The molecule has 0 aliphatic heterocycles. The highest BCUT2D eigenvalue weighted by Gasteiger charge is 2.15. The van der Waals surface area contributed by atoms with Crippen molar-refractivity contribution in [1.29, 1.82) is 0 Å². The number of halogens is 1. The van der Waals surface area contributed by atoms with Crippen molar-refractivity contribution < 1.29 is 9.47 Å². The molecule has 4 rings (SSSR count). The van der Waals surface area contributed by atoms with E-state index in [0.29, 0.717) is 34.5 Å². The van der Waals surface area contributed by atoms with Crippen LogP contribution in [0.4, 0.5) is 5.69 Å². The summed E-state index contributed by atoms with van der Waals surface area (Å²) in [6, 6.07) is 22.6. The molecule has 34 heavy (non-hydrogen) atoms. The van der Waals surface area contributed by atoms with Crippen LogP contribution in [0.5, 0.6) is 11.5 Å². The maximum Gasteiger partial charge on any atom is 0.253 e. The molecule has 0 aliphatic carbocycles. The van der Waals surface area contributed by atoms with Crippen LogP contribution in [-0.4, -0.2) is 29.2 Å². The van der Waals surface area contributed by atoms with Crippen molar-refractivity contribution in [3.8, 4) is 11.5 Å². The molecule has 0 unspecified atom stereocenters. The predicted octanol–water partition coefficient (Wildman–Crippen LogP) is 5.60. The van der Waals surface area contributed by atoms with Gasteiger partial charge in [0.15, 0.2) is 5.11 Å². The number of fused-ring (bicyclic) bond motifs is 1. The van der Waals surface area contributed by atoms with Crippen LogP contribution in [0, 0.1) is 0 Å². The highest BCUT2D eigenvalue weighted by atomic mass is 35.5. The molecule has 0 radical (unpaired) electrons. The summed E-state index contributed by atoms with van der Waals surface area (Å²) in [6.45, 7) is 0.821. The van der Waals surface area contributed by atoms with Crippen LogP contribution in [0.25, 0.3) is 10.9 Å². The number of aromatic amines is 1. The number of aromatic nitrogens is 1. The second-order valence-corrected chi connectivity index (χ2v) is 8.54. The lowest BCUT2D eigenvalue weighted by atomic mass is 10.1. The Morgan fingerprint density at radius 3 is 2.29 bits per heavy atom. The number of hydrogen-bond acceptors (Lipinski definition) is 4. The molecular weight excluding hydrogens is 470 g/mol. The number of nitrogens with zero attached hydrogens (tertiary/aromatic N) is 1. The van der Waals surface area contributed by atoms with Crippen LogP contribution < -0.4 is 20.3 Å². The fourth-order valence-electron chi connectivity index (χ4n) is 3.56. The summed E-state index contributed by atoms with van der Waals surface area (Å²) in [7, 11) is 3.22. The van der Waals surface area contributed by atoms with Gasteiger partial charge in [-0.3, -0.25) is 4.79 Å². The minimum Gasteiger partial charge on any atom is -0.497 e. The van der Waals surface area contributed by atoms with Crippen LogP contribution in [0.2, 0.25) is 5.02 Å². The molecule has 0 amide bonds. The molecule has 8 heteroatoms. The van der Waals surface area contributed by atoms with Gasteiger partial charge < -0.3 is 24.7 Å². The zero-order valence-electron chi connectivity index (χ0n) is 18.8. The minimum absolute atomic E-state index is 0.172. The fourth-order valence-corrected chi connectivity index (χ4v) is 3.93. The van der Waals surface area contributed by atoms with Crippen LogP contribution in [0.3, 0.4) is 0 Å². The molecule has 0 saturated heterocycles. The van der Waals surface area contributed by atoms with Gasteiger partial charge in [-0.15, -0.1) is 0 Å². The van der Waals surface area contributed by atoms with E-state index in [0.717, 1.165) is 27.9 Å². The number of pyridine rings is 1. The van der Waals surface area contributed by atoms with Crippen molar-refractivity contribution in [2.24, 2.45) is 0 Å².